The van der Waals surface area contributed by atoms with Gasteiger partial charge in [-0.15, -0.1) is 0 Å². The Balaban J connectivity index is 2.24. The second-order valence-corrected chi connectivity index (χ2v) is 6.10. The standard InChI is InChI=1S/C15H30N2O2/c1-3-17(13-9-5-4-6-10-13)12-8-7-11-15(2,16)14(18)19/h13H,3-12,16H2,1-2H3,(H,18,19). The average Bonchev–Trinajstić information content (AvgIpc) is 2.39. The second-order valence-electron chi connectivity index (χ2n) is 6.10. The van der Waals surface area contributed by atoms with E-state index in [4.69, 9.17) is 10.8 Å². The zero-order valence-electron chi connectivity index (χ0n) is 12.5. The maximum Gasteiger partial charge on any atom is 0.323 e. The minimum absolute atomic E-state index is 0.560. The Kier molecular flexibility index (Phi) is 6.80. The number of nitrogens with two attached hydrogens (primary N) is 1. The average molecular weight is 270 g/mol. The molecule has 1 fully saturated rings. The molecule has 4 heteroatoms. The fourth-order valence-corrected chi connectivity index (χ4v) is 2.96. The summed E-state index contributed by atoms with van der Waals surface area (Å²) in [6, 6.07) is 0.752. The van der Waals surface area contributed by atoms with Crippen molar-refractivity contribution in [3.63, 3.8) is 0 Å². The van der Waals surface area contributed by atoms with E-state index in [9.17, 15) is 4.79 Å². The molecule has 0 aliphatic heterocycles. The number of nitrogens with zero attached hydrogens (tertiary/aromatic N) is 1. The van der Waals surface area contributed by atoms with E-state index >= 15 is 0 Å². The highest BCUT2D eigenvalue weighted by atomic mass is 16.4. The highest BCUT2D eigenvalue weighted by Gasteiger charge is 2.27. The first-order valence-electron chi connectivity index (χ1n) is 7.73. The number of carboxylic acids is 1. The van der Waals surface area contributed by atoms with Crippen molar-refractivity contribution in [2.45, 2.75) is 76.8 Å². The Morgan fingerprint density at radius 3 is 2.47 bits per heavy atom. The van der Waals surface area contributed by atoms with Crippen molar-refractivity contribution in [1.82, 2.24) is 4.90 Å². The fourth-order valence-electron chi connectivity index (χ4n) is 2.96. The highest BCUT2D eigenvalue weighted by molar-refractivity contribution is 5.77. The number of rotatable bonds is 8. The quantitative estimate of drug-likeness (QED) is 0.665. The van der Waals surface area contributed by atoms with Crippen LogP contribution < -0.4 is 5.73 Å². The molecular formula is C15H30N2O2. The molecule has 0 aromatic carbocycles. The second kappa shape index (κ2) is 7.85. The van der Waals surface area contributed by atoms with E-state index in [1.54, 1.807) is 6.92 Å². The molecule has 0 radical (unpaired) electrons. The molecule has 1 rings (SSSR count). The van der Waals surface area contributed by atoms with Crippen molar-refractivity contribution in [1.29, 1.82) is 0 Å². The first kappa shape index (κ1) is 16.4. The first-order valence-corrected chi connectivity index (χ1v) is 7.73. The Morgan fingerprint density at radius 1 is 1.32 bits per heavy atom. The summed E-state index contributed by atoms with van der Waals surface area (Å²) in [6.45, 7) is 6.01. The Hall–Kier alpha value is -0.610. The molecule has 0 spiro atoms. The minimum atomic E-state index is -1.07. The summed E-state index contributed by atoms with van der Waals surface area (Å²) in [4.78, 5) is 13.5. The number of carbonyl (C=O) groups is 1. The Bertz CT molecular complexity index is 273. The van der Waals surface area contributed by atoms with Crippen molar-refractivity contribution >= 4 is 5.97 Å². The largest absolute Gasteiger partial charge is 0.480 e. The van der Waals surface area contributed by atoms with Crippen molar-refractivity contribution < 1.29 is 9.90 Å². The molecule has 0 bridgehead atoms. The molecule has 1 aliphatic rings. The number of aliphatic carboxylic acids is 1. The number of unbranched alkanes of at least 4 members (excludes halogenated alkanes) is 1. The maximum atomic E-state index is 10.9. The van der Waals surface area contributed by atoms with E-state index in [0.29, 0.717) is 6.42 Å². The predicted octanol–water partition coefficient (Wildman–Crippen LogP) is 2.61. The van der Waals surface area contributed by atoms with Crippen LogP contribution in [-0.4, -0.2) is 40.6 Å². The van der Waals surface area contributed by atoms with Gasteiger partial charge in [0.25, 0.3) is 0 Å². The molecule has 0 saturated heterocycles. The molecule has 1 saturated carbocycles. The highest BCUT2D eigenvalue weighted by Crippen LogP contribution is 2.23. The predicted molar refractivity (Wildman–Crippen MR) is 78.2 cm³/mol. The third-order valence-electron chi connectivity index (χ3n) is 4.38. The van der Waals surface area contributed by atoms with Crippen molar-refractivity contribution in [2.75, 3.05) is 13.1 Å². The molecule has 1 aliphatic carbocycles. The molecule has 0 aromatic heterocycles. The van der Waals surface area contributed by atoms with E-state index in [-0.39, 0.29) is 0 Å². The molecule has 0 aromatic rings. The molecule has 112 valence electrons. The third-order valence-corrected chi connectivity index (χ3v) is 4.38. The third kappa shape index (κ3) is 5.49. The van der Waals surface area contributed by atoms with Gasteiger partial charge in [-0.3, -0.25) is 4.79 Å². The lowest BCUT2D eigenvalue weighted by molar-refractivity contribution is -0.142. The van der Waals surface area contributed by atoms with E-state index in [2.05, 4.69) is 11.8 Å². The summed E-state index contributed by atoms with van der Waals surface area (Å²) in [5.41, 5.74) is 4.67. The van der Waals surface area contributed by atoms with Gasteiger partial charge in [0, 0.05) is 6.04 Å². The minimum Gasteiger partial charge on any atom is -0.480 e. The van der Waals surface area contributed by atoms with Gasteiger partial charge in [-0.1, -0.05) is 26.2 Å². The fraction of sp³-hybridized carbons (Fsp3) is 0.933. The van der Waals surface area contributed by atoms with Crippen LogP contribution in [0.4, 0.5) is 0 Å². The van der Waals surface area contributed by atoms with Gasteiger partial charge in [-0.05, 0) is 52.1 Å². The number of hydrogen-bond acceptors (Lipinski definition) is 3. The van der Waals surface area contributed by atoms with Gasteiger partial charge in [0.1, 0.15) is 5.54 Å². The van der Waals surface area contributed by atoms with Crippen LogP contribution in [0, 0.1) is 0 Å². The molecular weight excluding hydrogens is 240 g/mol. The van der Waals surface area contributed by atoms with Crippen LogP contribution in [-0.2, 0) is 4.79 Å². The molecule has 19 heavy (non-hydrogen) atoms. The normalized spacial score (nSPS) is 20.4. The van der Waals surface area contributed by atoms with E-state index in [0.717, 1.165) is 32.0 Å². The van der Waals surface area contributed by atoms with Gasteiger partial charge in [0.05, 0.1) is 0 Å². The van der Waals surface area contributed by atoms with Gasteiger partial charge in [0.15, 0.2) is 0 Å². The zero-order valence-corrected chi connectivity index (χ0v) is 12.5. The summed E-state index contributed by atoms with van der Waals surface area (Å²) in [6.07, 6.45) is 9.27. The van der Waals surface area contributed by atoms with Crippen LogP contribution in [0.2, 0.25) is 0 Å². The van der Waals surface area contributed by atoms with E-state index in [1.807, 2.05) is 0 Å². The van der Waals surface area contributed by atoms with Gasteiger partial charge in [0.2, 0.25) is 0 Å². The van der Waals surface area contributed by atoms with Crippen LogP contribution in [0.5, 0.6) is 0 Å². The van der Waals surface area contributed by atoms with Crippen LogP contribution in [0.25, 0.3) is 0 Å². The van der Waals surface area contributed by atoms with Gasteiger partial charge in [-0.2, -0.15) is 0 Å². The van der Waals surface area contributed by atoms with Gasteiger partial charge in [-0.25, -0.2) is 0 Å². The SMILES string of the molecule is CCN(CCCCC(C)(N)C(=O)O)C1CCCCC1. The van der Waals surface area contributed by atoms with E-state index < -0.39 is 11.5 Å². The maximum absolute atomic E-state index is 10.9. The van der Waals surface area contributed by atoms with Crippen LogP contribution in [0.1, 0.15) is 65.2 Å². The van der Waals surface area contributed by atoms with Crippen LogP contribution in [0.3, 0.4) is 0 Å². The van der Waals surface area contributed by atoms with E-state index in [1.165, 1.54) is 32.1 Å². The van der Waals surface area contributed by atoms with Crippen molar-refractivity contribution in [3.8, 4) is 0 Å². The smallest absolute Gasteiger partial charge is 0.323 e. The van der Waals surface area contributed by atoms with Crippen LogP contribution in [0.15, 0.2) is 0 Å². The molecule has 4 nitrogen and oxygen atoms in total. The summed E-state index contributed by atoms with van der Waals surface area (Å²) >= 11 is 0. The topological polar surface area (TPSA) is 66.6 Å². The van der Waals surface area contributed by atoms with Crippen LogP contribution >= 0.6 is 0 Å². The molecule has 0 heterocycles. The number of hydrogen-bond donors (Lipinski definition) is 2. The molecule has 1 atom stereocenters. The lowest BCUT2D eigenvalue weighted by Crippen LogP contribution is -2.44. The summed E-state index contributed by atoms with van der Waals surface area (Å²) < 4.78 is 0. The van der Waals surface area contributed by atoms with Gasteiger partial charge < -0.3 is 15.7 Å². The lowest BCUT2D eigenvalue weighted by atomic mass is 9.93. The summed E-state index contributed by atoms with van der Waals surface area (Å²) in [5.74, 6) is -0.896. The molecule has 3 N–H and O–H groups in total. The monoisotopic (exact) mass is 270 g/mol. The summed E-state index contributed by atoms with van der Waals surface area (Å²) in [7, 11) is 0. The Labute approximate surface area is 117 Å². The first-order chi connectivity index (χ1) is 8.97. The van der Waals surface area contributed by atoms with Gasteiger partial charge >= 0.3 is 5.97 Å². The summed E-state index contributed by atoms with van der Waals surface area (Å²) in [5, 5.41) is 8.96. The van der Waals surface area contributed by atoms with Crippen molar-refractivity contribution in [3.05, 3.63) is 0 Å². The zero-order chi connectivity index (χ0) is 14.3. The Morgan fingerprint density at radius 2 is 1.95 bits per heavy atom. The molecule has 1 unspecified atom stereocenters. The number of carboxylic acid groups (broad SMARTS) is 1. The lowest BCUT2D eigenvalue weighted by Gasteiger charge is -2.33. The van der Waals surface area contributed by atoms with Crippen molar-refractivity contribution in [2.24, 2.45) is 5.73 Å². The molecule has 0 amide bonds.